The summed E-state index contributed by atoms with van der Waals surface area (Å²) in [5.74, 6) is 0.328. The van der Waals surface area contributed by atoms with Gasteiger partial charge in [0.15, 0.2) is 0 Å². The molecule has 1 aromatic carbocycles. The highest BCUT2D eigenvalue weighted by atomic mass is 35.5. The minimum absolute atomic E-state index is 0. The molecular weight excluding hydrogens is 321 g/mol. The standard InChI is InChI=1S/C16H25N3O.2ClH/c1-13-5-4-6-15(11-13)18-7-9-19(10-8-18)16(20)14(2)12-17-3;;/h4-6,11,14,17H,7-10,12H2,1-3H3;2*1H. The zero-order valence-corrected chi connectivity index (χ0v) is 15.2. The third kappa shape index (κ3) is 5.34. The van der Waals surface area contributed by atoms with Crippen molar-refractivity contribution in [3.63, 3.8) is 0 Å². The lowest BCUT2D eigenvalue weighted by molar-refractivity contribution is -0.135. The summed E-state index contributed by atoms with van der Waals surface area (Å²) in [6, 6.07) is 8.56. The lowest BCUT2D eigenvalue weighted by Gasteiger charge is -2.37. The molecule has 1 aliphatic heterocycles. The third-order valence-corrected chi connectivity index (χ3v) is 3.89. The van der Waals surface area contributed by atoms with Gasteiger partial charge in [0.2, 0.25) is 5.91 Å². The van der Waals surface area contributed by atoms with Crippen LogP contribution in [0.25, 0.3) is 0 Å². The molecule has 6 heteroatoms. The predicted molar refractivity (Wildman–Crippen MR) is 97.6 cm³/mol. The van der Waals surface area contributed by atoms with Gasteiger partial charge in [-0.05, 0) is 31.7 Å². The van der Waals surface area contributed by atoms with Crippen LogP contribution in [0.2, 0.25) is 0 Å². The van der Waals surface area contributed by atoms with E-state index < -0.39 is 0 Å². The number of hydrogen-bond donors (Lipinski definition) is 1. The average molecular weight is 348 g/mol. The summed E-state index contributed by atoms with van der Waals surface area (Å²) in [5, 5.41) is 3.07. The molecule has 0 aromatic heterocycles. The number of rotatable bonds is 4. The maximum absolute atomic E-state index is 12.3. The van der Waals surface area contributed by atoms with Crippen LogP contribution in [0, 0.1) is 12.8 Å². The molecule has 0 spiro atoms. The van der Waals surface area contributed by atoms with E-state index in [1.165, 1.54) is 11.3 Å². The van der Waals surface area contributed by atoms with Crippen molar-refractivity contribution in [1.82, 2.24) is 10.2 Å². The minimum Gasteiger partial charge on any atom is -0.368 e. The second-order valence-corrected chi connectivity index (χ2v) is 5.61. The van der Waals surface area contributed by atoms with E-state index in [-0.39, 0.29) is 36.6 Å². The number of aryl methyl sites for hydroxylation is 1. The summed E-state index contributed by atoms with van der Waals surface area (Å²) in [7, 11) is 1.89. The molecule has 1 fully saturated rings. The Morgan fingerprint density at radius 2 is 1.86 bits per heavy atom. The zero-order valence-electron chi connectivity index (χ0n) is 13.5. The van der Waals surface area contributed by atoms with Crippen LogP contribution in [0.15, 0.2) is 24.3 Å². The molecule has 1 N–H and O–H groups in total. The normalized spacial score (nSPS) is 15.6. The largest absolute Gasteiger partial charge is 0.368 e. The van der Waals surface area contributed by atoms with Gasteiger partial charge in [-0.2, -0.15) is 0 Å². The Morgan fingerprint density at radius 3 is 2.41 bits per heavy atom. The van der Waals surface area contributed by atoms with Crippen LogP contribution in [-0.4, -0.2) is 50.6 Å². The topological polar surface area (TPSA) is 35.6 Å². The van der Waals surface area contributed by atoms with Gasteiger partial charge in [0, 0.05) is 44.3 Å². The van der Waals surface area contributed by atoms with Gasteiger partial charge in [-0.15, -0.1) is 24.8 Å². The summed E-state index contributed by atoms with van der Waals surface area (Å²) in [4.78, 5) is 16.6. The Hall–Kier alpha value is -0.970. The fraction of sp³-hybridized carbons (Fsp3) is 0.562. The number of halogens is 2. The Balaban J connectivity index is 0.00000220. The predicted octanol–water partition coefficient (Wildman–Crippen LogP) is 2.34. The lowest BCUT2D eigenvalue weighted by Crippen LogP contribution is -2.51. The number of anilines is 1. The highest BCUT2D eigenvalue weighted by Gasteiger charge is 2.24. The van der Waals surface area contributed by atoms with Crippen LogP contribution < -0.4 is 10.2 Å². The van der Waals surface area contributed by atoms with Crippen LogP contribution in [0.1, 0.15) is 12.5 Å². The molecule has 1 atom stereocenters. The SMILES string of the molecule is CNCC(C)C(=O)N1CCN(c2cccc(C)c2)CC1.Cl.Cl. The molecule has 0 saturated carbocycles. The third-order valence-electron chi connectivity index (χ3n) is 3.89. The fourth-order valence-corrected chi connectivity index (χ4v) is 2.71. The molecule has 0 bridgehead atoms. The number of hydrogen-bond acceptors (Lipinski definition) is 3. The number of carbonyl (C=O) groups excluding carboxylic acids is 1. The van der Waals surface area contributed by atoms with Crippen molar-refractivity contribution < 1.29 is 4.79 Å². The molecule has 22 heavy (non-hydrogen) atoms. The summed E-state index contributed by atoms with van der Waals surface area (Å²) >= 11 is 0. The Kier molecular flexibility index (Phi) is 9.49. The Morgan fingerprint density at radius 1 is 1.23 bits per heavy atom. The molecule has 126 valence electrons. The number of nitrogens with one attached hydrogen (secondary N) is 1. The first-order valence-corrected chi connectivity index (χ1v) is 7.37. The molecule has 1 aromatic rings. The van der Waals surface area contributed by atoms with E-state index in [0.29, 0.717) is 0 Å². The van der Waals surface area contributed by atoms with E-state index in [0.717, 1.165) is 32.7 Å². The lowest BCUT2D eigenvalue weighted by atomic mass is 10.1. The molecule has 2 rings (SSSR count). The van der Waals surface area contributed by atoms with Crippen molar-refractivity contribution in [2.24, 2.45) is 5.92 Å². The average Bonchev–Trinajstić information content (AvgIpc) is 2.47. The first-order chi connectivity index (χ1) is 9.61. The van der Waals surface area contributed by atoms with E-state index in [1.54, 1.807) is 0 Å². The van der Waals surface area contributed by atoms with Crippen molar-refractivity contribution in [3.05, 3.63) is 29.8 Å². The molecule has 1 saturated heterocycles. The van der Waals surface area contributed by atoms with Crippen molar-refractivity contribution in [1.29, 1.82) is 0 Å². The van der Waals surface area contributed by atoms with Gasteiger partial charge in [0.25, 0.3) is 0 Å². The van der Waals surface area contributed by atoms with E-state index in [4.69, 9.17) is 0 Å². The van der Waals surface area contributed by atoms with E-state index >= 15 is 0 Å². The molecule has 4 nitrogen and oxygen atoms in total. The number of benzene rings is 1. The summed E-state index contributed by atoms with van der Waals surface area (Å²) < 4.78 is 0. The van der Waals surface area contributed by atoms with Gasteiger partial charge in [-0.25, -0.2) is 0 Å². The van der Waals surface area contributed by atoms with Crippen molar-refractivity contribution >= 4 is 36.4 Å². The zero-order chi connectivity index (χ0) is 14.5. The summed E-state index contributed by atoms with van der Waals surface area (Å²) in [5.41, 5.74) is 2.55. The number of carbonyl (C=O) groups is 1. The van der Waals surface area contributed by atoms with Crippen LogP contribution in [0.3, 0.4) is 0 Å². The highest BCUT2D eigenvalue weighted by Crippen LogP contribution is 2.18. The summed E-state index contributed by atoms with van der Waals surface area (Å²) in [6.07, 6.45) is 0. The van der Waals surface area contributed by atoms with Gasteiger partial charge >= 0.3 is 0 Å². The second-order valence-electron chi connectivity index (χ2n) is 5.61. The second kappa shape index (κ2) is 9.93. The van der Waals surface area contributed by atoms with Gasteiger partial charge < -0.3 is 15.1 Å². The number of amides is 1. The van der Waals surface area contributed by atoms with Gasteiger partial charge in [0.05, 0.1) is 0 Å². The molecule has 1 amide bonds. The molecule has 1 unspecified atom stereocenters. The van der Waals surface area contributed by atoms with E-state index in [2.05, 4.69) is 41.4 Å². The van der Waals surface area contributed by atoms with Crippen molar-refractivity contribution in [3.8, 4) is 0 Å². The maximum Gasteiger partial charge on any atom is 0.226 e. The van der Waals surface area contributed by atoms with E-state index in [1.807, 2.05) is 18.9 Å². The molecule has 0 radical (unpaired) electrons. The molecular formula is C16H27Cl2N3O. The Labute approximate surface area is 146 Å². The van der Waals surface area contributed by atoms with Gasteiger partial charge in [-0.1, -0.05) is 19.1 Å². The van der Waals surface area contributed by atoms with Crippen molar-refractivity contribution in [2.45, 2.75) is 13.8 Å². The van der Waals surface area contributed by atoms with Crippen LogP contribution in [0.5, 0.6) is 0 Å². The minimum atomic E-state index is 0. The molecule has 0 aliphatic carbocycles. The quantitative estimate of drug-likeness (QED) is 0.907. The first kappa shape index (κ1) is 21.0. The smallest absolute Gasteiger partial charge is 0.226 e. The monoisotopic (exact) mass is 347 g/mol. The highest BCUT2D eigenvalue weighted by molar-refractivity contribution is 5.85. The summed E-state index contributed by atoms with van der Waals surface area (Å²) in [6.45, 7) is 8.33. The first-order valence-electron chi connectivity index (χ1n) is 7.37. The molecule has 1 aliphatic rings. The van der Waals surface area contributed by atoms with Gasteiger partial charge in [-0.3, -0.25) is 4.79 Å². The fourth-order valence-electron chi connectivity index (χ4n) is 2.71. The maximum atomic E-state index is 12.3. The van der Waals surface area contributed by atoms with E-state index in [9.17, 15) is 4.79 Å². The van der Waals surface area contributed by atoms with Crippen LogP contribution >= 0.6 is 24.8 Å². The number of piperazine rings is 1. The van der Waals surface area contributed by atoms with Crippen LogP contribution in [-0.2, 0) is 4.79 Å². The van der Waals surface area contributed by atoms with Crippen molar-refractivity contribution in [2.75, 3.05) is 44.7 Å². The van der Waals surface area contributed by atoms with Gasteiger partial charge in [0.1, 0.15) is 0 Å². The number of nitrogens with zero attached hydrogens (tertiary/aromatic N) is 2. The van der Waals surface area contributed by atoms with Crippen LogP contribution in [0.4, 0.5) is 5.69 Å². The molecule has 1 heterocycles. The Bertz CT molecular complexity index is 462.